The summed E-state index contributed by atoms with van der Waals surface area (Å²) in [5.74, 6) is 2.26. The number of H-pyrrole nitrogens is 1. The van der Waals surface area contributed by atoms with Crippen LogP contribution in [-0.2, 0) is 6.42 Å². The van der Waals surface area contributed by atoms with E-state index in [1.807, 2.05) is 34.6 Å². The highest BCUT2D eigenvalue weighted by Crippen LogP contribution is 2.32. The van der Waals surface area contributed by atoms with Crippen molar-refractivity contribution in [2.24, 2.45) is 5.92 Å². The number of nitrogens with one attached hydrogen (secondary N) is 2. The molecule has 0 aliphatic carbocycles. The largest absolute Gasteiger partial charge is 0.382 e. The van der Waals surface area contributed by atoms with E-state index in [1.165, 1.54) is 30.4 Å². The van der Waals surface area contributed by atoms with Gasteiger partial charge < -0.3 is 16.0 Å². The number of fused-ring (bicyclic) bond motifs is 1. The number of hydrogen-bond acceptors (Lipinski definition) is 5. The highest BCUT2D eigenvalue weighted by molar-refractivity contribution is 5.95. The first-order valence-corrected chi connectivity index (χ1v) is 14.1. The van der Waals surface area contributed by atoms with Gasteiger partial charge in [0, 0.05) is 24.3 Å². The molecule has 0 spiro atoms. The second-order valence-corrected chi connectivity index (χ2v) is 9.18. The highest BCUT2D eigenvalue weighted by atomic mass is 15.2. The third-order valence-electron chi connectivity index (χ3n) is 5.75. The summed E-state index contributed by atoms with van der Waals surface area (Å²) in [4.78, 5) is 15.3. The lowest BCUT2D eigenvalue weighted by molar-refractivity contribution is 0.293. The number of anilines is 1. The fourth-order valence-corrected chi connectivity index (χ4v) is 4.01. The molecule has 0 radical (unpaired) electrons. The van der Waals surface area contributed by atoms with Gasteiger partial charge in [-0.15, -0.1) is 0 Å². The van der Waals surface area contributed by atoms with E-state index in [9.17, 15) is 0 Å². The van der Waals surface area contributed by atoms with Gasteiger partial charge in [-0.2, -0.15) is 0 Å². The number of imidazole rings is 1. The van der Waals surface area contributed by atoms with Gasteiger partial charge in [-0.05, 0) is 71.2 Å². The molecule has 0 saturated carbocycles. The number of aromatic amines is 1. The fourth-order valence-electron chi connectivity index (χ4n) is 4.01. The molecule has 0 unspecified atom stereocenters. The summed E-state index contributed by atoms with van der Waals surface area (Å²) in [5.41, 5.74) is 11.6. The second-order valence-electron chi connectivity index (χ2n) is 9.18. The molecule has 4 N–H and O–H groups in total. The van der Waals surface area contributed by atoms with E-state index in [0.29, 0.717) is 11.7 Å². The van der Waals surface area contributed by atoms with Gasteiger partial charge in [-0.3, -0.25) is 4.90 Å². The first-order chi connectivity index (χ1) is 16.9. The van der Waals surface area contributed by atoms with E-state index in [4.69, 9.17) is 10.7 Å². The quantitative estimate of drug-likeness (QED) is 0.191. The number of hydrogen-bond donors (Lipinski definition) is 3. The van der Waals surface area contributed by atoms with Crippen molar-refractivity contribution in [2.75, 3.05) is 32.5 Å². The van der Waals surface area contributed by atoms with Crippen molar-refractivity contribution in [2.45, 2.75) is 107 Å². The lowest BCUT2D eigenvalue weighted by Gasteiger charge is -2.18. The van der Waals surface area contributed by atoms with Gasteiger partial charge in [0.2, 0.25) is 0 Å². The number of nitrogen functional groups attached to an aromatic ring is 1. The molecule has 0 bridgehead atoms. The van der Waals surface area contributed by atoms with Crippen LogP contribution < -0.4 is 11.1 Å². The number of rotatable bonds is 14. The molecule has 202 valence electrons. The maximum Gasteiger partial charge on any atom is 0.149 e. The van der Waals surface area contributed by atoms with Crippen molar-refractivity contribution >= 4 is 22.4 Å². The Morgan fingerprint density at radius 1 is 1.09 bits per heavy atom. The van der Waals surface area contributed by atoms with E-state index in [-0.39, 0.29) is 0 Å². The minimum absolute atomic E-state index is 0.552. The molecule has 0 aliphatic heterocycles. The normalized spacial score (nSPS) is 11.5. The topological polar surface area (TPSA) is 82.9 Å². The molecule has 35 heavy (non-hydrogen) atoms. The van der Waals surface area contributed by atoms with Crippen LogP contribution in [0.3, 0.4) is 0 Å². The standard InChI is InChI=1S/C25H44N6.2C2H6/c1-7-9-14-21-29-23-22(19(5)28-25(26)24(23)30-21)20(8-2)13-11-10-12-15-31(6)17-27-16-18(3)4;2*1-2/h8,18,27H,7,9-17H2,1-6H3,(H2,26,28)(H,29,30);2*1-2H3/b20-8-;;. The molecule has 0 saturated heterocycles. The lowest BCUT2D eigenvalue weighted by atomic mass is 9.97. The average molecular weight is 489 g/mol. The number of nitrogens with two attached hydrogens (primary N) is 1. The SMILES string of the molecule is C/C=C(/CCCCCN(C)CNCC(C)C)c1c(C)nc(N)c2[nH]c(CCCC)nc12.CC.CC. The van der Waals surface area contributed by atoms with Gasteiger partial charge in [-0.1, -0.05) is 67.4 Å². The Morgan fingerprint density at radius 2 is 1.77 bits per heavy atom. The smallest absolute Gasteiger partial charge is 0.149 e. The third kappa shape index (κ3) is 11.6. The van der Waals surface area contributed by atoms with Crippen LogP contribution >= 0.6 is 0 Å². The molecule has 2 aromatic rings. The van der Waals surface area contributed by atoms with Crippen LogP contribution in [0.2, 0.25) is 0 Å². The molecule has 2 heterocycles. The Labute approximate surface area is 216 Å². The van der Waals surface area contributed by atoms with Crippen LogP contribution in [0.1, 0.15) is 111 Å². The van der Waals surface area contributed by atoms with E-state index < -0.39 is 0 Å². The number of aryl methyl sites for hydroxylation is 2. The maximum atomic E-state index is 6.22. The Kier molecular flexibility index (Phi) is 18.2. The zero-order valence-corrected chi connectivity index (χ0v) is 24.6. The summed E-state index contributed by atoms with van der Waals surface area (Å²) in [6.07, 6.45) is 10.1. The molecular weight excluding hydrogens is 432 g/mol. The van der Waals surface area contributed by atoms with Crippen LogP contribution in [0.4, 0.5) is 5.82 Å². The zero-order valence-electron chi connectivity index (χ0n) is 24.6. The van der Waals surface area contributed by atoms with E-state index in [0.717, 1.165) is 68.0 Å². The number of aromatic nitrogens is 3. The first kappa shape index (κ1) is 33.1. The maximum absolute atomic E-state index is 6.22. The van der Waals surface area contributed by atoms with Gasteiger partial charge >= 0.3 is 0 Å². The molecule has 0 atom stereocenters. The van der Waals surface area contributed by atoms with Crippen molar-refractivity contribution in [3.63, 3.8) is 0 Å². The average Bonchev–Trinajstić information content (AvgIpc) is 3.28. The Hall–Kier alpha value is -1.92. The van der Waals surface area contributed by atoms with Crippen LogP contribution in [0.25, 0.3) is 16.6 Å². The van der Waals surface area contributed by atoms with Crippen LogP contribution in [0.15, 0.2) is 6.08 Å². The van der Waals surface area contributed by atoms with Gasteiger partial charge in [-0.25, -0.2) is 9.97 Å². The van der Waals surface area contributed by atoms with E-state index in [2.05, 4.69) is 61.0 Å². The number of unbranched alkanes of at least 4 members (excludes halogenated alkanes) is 3. The highest BCUT2D eigenvalue weighted by Gasteiger charge is 2.17. The summed E-state index contributed by atoms with van der Waals surface area (Å²) < 4.78 is 0. The van der Waals surface area contributed by atoms with E-state index in [1.54, 1.807) is 0 Å². The van der Waals surface area contributed by atoms with Crippen molar-refractivity contribution in [1.82, 2.24) is 25.2 Å². The van der Waals surface area contributed by atoms with Crippen molar-refractivity contribution in [3.05, 3.63) is 23.2 Å². The minimum Gasteiger partial charge on any atom is -0.382 e. The van der Waals surface area contributed by atoms with Crippen molar-refractivity contribution in [1.29, 1.82) is 0 Å². The summed E-state index contributed by atoms with van der Waals surface area (Å²) in [6.45, 7) is 22.0. The van der Waals surface area contributed by atoms with Gasteiger partial charge in [0.1, 0.15) is 22.7 Å². The molecule has 0 amide bonds. The van der Waals surface area contributed by atoms with Gasteiger partial charge in [0.25, 0.3) is 0 Å². The molecule has 0 fully saturated rings. The summed E-state index contributed by atoms with van der Waals surface area (Å²) >= 11 is 0. The predicted octanol–water partition coefficient (Wildman–Crippen LogP) is 7.34. The lowest BCUT2D eigenvalue weighted by Crippen LogP contribution is -2.33. The van der Waals surface area contributed by atoms with Crippen LogP contribution in [-0.4, -0.2) is 46.7 Å². The third-order valence-corrected chi connectivity index (χ3v) is 5.75. The molecule has 2 aromatic heterocycles. The molecular formula is C29H56N6. The second kappa shape index (κ2) is 19.3. The van der Waals surface area contributed by atoms with E-state index >= 15 is 0 Å². The van der Waals surface area contributed by atoms with Crippen LogP contribution in [0, 0.1) is 12.8 Å². The first-order valence-electron chi connectivity index (χ1n) is 14.1. The monoisotopic (exact) mass is 488 g/mol. The van der Waals surface area contributed by atoms with Crippen LogP contribution in [0.5, 0.6) is 0 Å². The fraction of sp³-hybridized carbons (Fsp3) is 0.724. The number of nitrogens with zero attached hydrogens (tertiary/aromatic N) is 3. The molecule has 6 nitrogen and oxygen atoms in total. The molecule has 0 aliphatic rings. The molecule has 0 aromatic carbocycles. The van der Waals surface area contributed by atoms with Gasteiger partial charge in [0.05, 0.1) is 0 Å². The Bertz CT molecular complexity index is 837. The summed E-state index contributed by atoms with van der Waals surface area (Å²) in [6, 6.07) is 0. The predicted molar refractivity (Wildman–Crippen MR) is 157 cm³/mol. The molecule has 2 rings (SSSR count). The minimum atomic E-state index is 0.552. The Balaban J connectivity index is 0.00000274. The number of allylic oxidation sites excluding steroid dienone is 2. The molecule has 6 heteroatoms. The Morgan fingerprint density at radius 3 is 2.37 bits per heavy atom. The number of pyridine rings is 1. The summed E-state index contributed by atoms with van der Waals surface area (Å²) in [7, 11) is 2.19. The summed E-state index contributed by atoms with van der Waals surface area (Å²) in [5, 5.41) is 3.51. The van der Waals surface area contributed by atoms with Crippen molar-refractivity contribution in [3.8, 4) is 0 Å². The van der Waals surface area contributed by atoms with Gasteiger partial charge in [0.15, 0.2) is 0 Å². The van der Waals surface area contributed by atoms with Crippen molar-refractivity contribution < 1.29 is 0 Å². The zero-order chi connectivity index (χ0) is 26.8.